The first-order chi connectivity index (χ1) is 10.4. The fourth-order valence-electron chi connectivity index (χ4n) is 1.89. The van der Waals surface area contributed by atoms with E-state index in [0.29, 0.717) is 23.4 Å². The van der Waals surface area contributed by atoms with Crippen LogP contribution in [0.5, 0.6) is 5.75 Å². The van der Waals surface area contributed by atoms with E-state index in [4.69, 9.17) is 14.0 Å². The third kappa shape index (κ3) is 3.63. The Balaban J connectivity index is 1.65. The Kier molecular flexibility index (Phi) is 3.60. The van der Waals surface area contributed by atoms with Crippen LogP contribution in [0, 0.1) is 0 Å². The molecular weight excluding hydrogens is 284 g/mol. The van der Waals surface area contributed by atoms with Gasteiger partial charge in [-0.25, -0.2) is 4.79 Å². The van der Waals surface area contributed by atoms with Crippen LogP contribution in [-0.2, 0) is 4.74 Å². The first-order valence-corrected chi connectivity index (χ1v) is 7.25. The molecule has 0 atom stereocenters. The number of nitrogens with zero attached hydrogens (tertiary/aromatic N) is 2. The van der Waals surface area contributed by atoms with Crippen LogP contribution in [0.2, 0.25) is 0 Å². The Morgan fingerprint density at radius 2 is 1.91 bits per heavy atom. The predicted molar refractivity (Wildman–Crippen MR) is 78.6 cm³/mol. The van der Waals surface area contributed by atoms with E-state index in [-0.39, 0.29) is 0 Å². The van der Waals surface area contributed by atoms with Gasteiger partial charge in [0.1, 0.15) is 11.4 Å². The number of benzene rings is 1. The van der Waals surface area contributed by atoms with Crippen molar-refractivity contribution in [1.29, 1.82) is 0 Å². The van der Waals surface area contributed by atoms with Crippen LogP contribution >= 0.6 is 0 Å². The minimum atomic E-state index is -0.726. The van der Waals surface area contributed by atoms with Crippen LogP contribution in [0.3, 0.4) is 0 Å². The largest absolute Gasteiger partial charge is 0.514 e. The smallest absolute Gasteiger partial charge is 0.428 e. The average molecular weight is 302 g/mol. The SMILES string of the molecule is CC(C)(C)OC(=O)Oc1ccc(-c2noc(C3CC3)n2)cc1. The quantitative estimate of drug-likeness (QED) is 0.631. The van der Waals surface area contributed by atoms with Crippen molar-refractivity contribution in [3.05, 3.63) is 30.2 Å². The summed E-state index contributed by atoms with van der Waals surface area (Å²) >= 11 is 0. The number of carbonyl (C=O) groups excluding carboxylic acids is 1. The van der Waals surface area contributed by atoms with Crippen LogP contribution in [0.25, 0.3) is 11.4 Å². The Morgan fingerprint density at radius 1 is 1.23 bits per heavy atom. The van der Waals surface area contributed by atoms with Crippen LogP contribution < -0.4 is 4.74 Å². The molecule has 0 unspecified atom stereocenters. The second-order valence-corrected chi connectivity index (χ2v) is 6.32. The van der Waals surface area contributed by atoms with Gasteiger partial charge in [-0.1, -0.05) is 5.16 Å². The summed E-state index contributed by atoms with van der Waals surface area (Å²) < 4.78 is 15.4. The summed E-state index contributed by atoms with van der Waals surface area (Å²) in [7, 11) is 0. The lowest BCUT2D eigenvalue weighted by Crippen LogP contribution is -2.25. The number of rotatable bonds is 3. The minimum absolute atomic E-state index is 0.406. The fourth-order valence-corrected chi connectivity index (χ4v) is 1.89. The van der Waals surface area contributed by atoms with E-state index < -0.39 is 11.8 Å². The third-order valence-corrected chi connectivity index (χ3v) is 3.07. The molecule has 0 bridgehead atoms. The molecule has 1 aliphatic carbocycles. The zero-order valence-electron chi connectivity index (χ0n) is 12.8. The standard InChI is InChI=1S/C16H18N2O4/c1-16(2,3)21-15(19)20-12-8-6-10(7-9-12)13-17-14(22-18-13)11-4-5-11/h6-9,11H,4-5H2,1-3H3. The van der Waals surface area contributed by atoms with E-state index in [9.17, 15) is 4.79 Å². The van der Waals surface area contributed by atoms with E-state index in [0.717, 1.165) is 18.4 Å². The molecule has 2 aromatic rings. The number of hydrogen-bond donors (Lipinski definition) is 0. The van der Waals surface area contributed by atoms with Crippen molar-refractivity contribution < 1.29 is 18.8 Å². The molecule has 22 heavy (non-hydrogen) atoms. The molecule has 0 aliphatic heterocycles. The Hall–Kier alpha value is -2.37. The summed E-state index contributed by atoms with van der Waals surface area (Å²) in [5.74, 6) is 2.08. The molecular formula is C16H18N2O4. The number of aromatic nitrogens is 2. The molecule has 1 fully saturated rings. The summed E-state index contributed by atoms with van der Waals surface area (Å²) in [4.78, 5) is 16.0. The van der Waals surface area contributed by atoms with Gasteiger partial charge in [0.05, 0.1) is 0 Å². The first kappa shape index (κ1) is 14.6. The number of carbonyl (C=O) groups is 1. The summed E-state index contributed by atoms with van der Waals surface area (Å²) in [5.41, 5.74) is 0.230. The molecule has 0 radical (unpaired) electrons. The normalized spacial score (nSPS) is 14.7. The van der Waals surface area contributed by atoms with Crippen molar-refractivity contribution in [2.45, 2.75) is 45.1 Å². The van der Waals surface area contributed by atoms with Crippen LogP contribution in [0.15, 0.2) is 28.8 Å². The maximum absolute atomic E-state index is 11.6. The summed E-state index contributed by atoms with van der Waals surface area (Å²) in [5, 5.41) is 3.97. The molecule has 0 spiro atoms. The van der Waals surface area contributed by atoms with E-state index in [1.54, 1.807) is 45.0 Å². The maximum Gasteiger partial charge on any atom is 0.514 e. The second-order valence-electron chi connectivity index (χ2n) is 6.32. The lowest BCUT2D eigenvalue weighted by atomic mass is 10.2. The van der Waals surface area contributed by atoms with Gasteiger partial charge < -0.3 is 14.0 Å². The molecule has 1 aromatic carbocycles. The minimum Gasteiger partial charge on any atom is -0.428 e. The van der Waals surface area contributed by atoms with Gasteiger partial charge in [-0.05, 0) is 57.9 Å². The van der Waals surface area contributed by atoms with Gasteiger partial charge >= 0.3 is 6.16 Å². The van der Waals surface area contributed by atoms with Crippen molar-refractivity contribution >= 4 is 6.16 Å². The van der Waals surface area contributed by atoms with Crippen molar-refractivity contribution in [3.63, 3.8) is 0 Å². The van der Waals surface area contributed by atoms with Gasteiger partial charge in [-0.3, -0.25) is 0 Å². The van der Waals surface area contributed by atoms with Gasteiger partial charge in [-0.15, -0.1) is 0 Å². The molecule has 116 valence electrons. The van der Waals surface area contributed by atoms with Gasteiger partial charge in [0.25, 0.3) is 0 Å². The highest BCUT2D eigenvalue weighted by Gasteiger charge is 2.29. The van der Waals surface area contributed by atoms with E-state index in [1.807, 2.05) is 0 Å². The topological polar surface area (TPSA) is 74.5 Å². The third-order valence-electron chi connectivity index (χ3n) is 3.07. The van der Waals surface area contributed by atoms with Crippen molar-refractivity contribution in [2.75, 3.05) is 0 Å². The Morgan fingerprint density at radius 3 is 2.50 bits per heavy atom. The first-order valence-electron chi connectivity index (χ1n) is 7.25. The highest BCUT2D eigenvalue weighted by Crippen LogP contribution is 2.39. The average Bonchev–Trinajstić information content (AvgIpc) is 3.16. The van der Waals surface area contributed by atoms with Crippen molar-refractivity contribution in [3.8, 4) is 17.1 Å². The lowest BCUT2D eigenvalue weighted by molar-refractivity contribution is 0.0206. The molecule has 0 saturated heterocycles. The summed E-state index contributed by atoms with van der Waals surface area (Å²) in [6.07, 6.45) is 1.50. The Bertz CT molecular complexity index is 666. The predicted octanol–water partition coefficient (Wildman–Crippen LogP) is 3.93. The molecule has 1 aliphatic rings. The molecule has 6 heteroatoms. The molecule has 1 saturated carbocycles. The van der Waals surface area contributed by atoms with Crippen LogP contribution in [-0.4, -0.2) is 21.9 Å². The van der Waals surface area contributed by atoms with Gasteiger partial charge in [0, 0.05) is 11.5 Å². The van der Waals surface area contributed by atoms with E-state index in [1.165, 1.54) is 0 Å². The monoisotopic (exact) mass is 302 g/mol. The maximum atomic E-state index is 11.6. The van der Waals surface area contributed by atoms with Gasteiger partial charge in [-0.2, -0.15) is 4.98 Å². The highest BCUT2D eigenvalue weighted by atomic mass is 16.7. The molecule has 0 amide bonds. The number of hydrogen-bond acceptors (Lipinski definition) is 6. The molecule has 1 aromatic heterocycles. The zero-order valence-corrected chi connectivity index (χ0v) is 12.8. The zero-order chi connectivity index (χ0) is 15.7. The number of ether oxygens (including phenoxy) is 2. The Labute approximate surface area is 128 Å². The fraction of sp³-hybridized carbons (Fsp3) is 0.438. The second kappa shape index (κ2) is 5.44. The molecule has 0 N–H and O–H groups in total. The van der Waals surface area contributed by atoms with Crippen molar-refractivity contribution in [2.24, 2.45) is 0 Å². The van der Waals surface area contributed by atoms with Crippen LogP contribution in [0.1, 0.15) is 45.4 Å². The van der Waals surface area contributed by atoms with Gasteiger partial charge in [0.15, 0.2) is 0 Å². The van der Waals surface area contributed by atoms with Crippen LogP contribution in [0.4, 0.5) is 4.79 Å². The summed E-state index contributed by atoms with van der Waals surface area (Å²) in [6.45, 7) is 5.35. The molecule has 3 rings (SSSR count). The lowest BCUT2D eigenvalue weighted by Gasteiger charge is -2.18. The highest BCUT2D eigenvalue weighted by molar-refractivity contribution is 5.65. The van der Waals surface area contributed by atoms with E-state index in [2.05, 4.69) is 10.1 Å². The molecule has 6 nitrogen and oxygen atoms in total. The van der Waals surface area contributed by atoms with Crippen molar-refractivity contribution in [1.82, 2.24) is 10.1 Å². The van der Waals surface area contributed by atoms with E-state index >= 15 is 0 Å². The van der Waals surface area contributed by atoms with Gasteiger partial charge in [0.2, 0.25) is 11.7 Å². The molecule has 1 heterocycles. The summed E-state index contributed by atoms with van der Waals surface area (Å²) in [6, 6.07) is 6.90.